The molecule has 1 saturated heterocycles. The molecule has 1 fully saturated rings. The van der Waals surface area contributed by atoms with Crippen molar-refractivity contribution in [1.29, 1.82) is 0 Å². The Morgan fingerprint density at radius 1 is 1.18 bits per heavy atom. The lowest BCUT2D eigenvalue weighted by Crippen LogP contribution is -2.48. The lowest BCUT2D eigenvalue weighted by atomic mass is 10.0. The van der Waals surface area contributed by atoms with E-state index in [1.54, 1.807) is 22.9 Å². The van der Waals surface area contributed by atoms with E-state index in [1.807, 2.05) is 36.2 Å². The van der Waals surface area contributed by atoms with Crippen molar-refractivity contribution in [2.24, 2.45) is 0 Å². The number of carbonyl (C=O) groups is 1. The van der Waals surface area contributed by atoms with Gasteiger partial charge in [-0.25, -0.2) is 9.69 Å². The summed E-state index contributed by atoms with van der Waals surface area (Å²) < 4.78 is 7.03. The standard InChI is InChI=1S/C25H24Cl2N4O3/c1-17-23(25(33)29-30-11-14-34-15-12-30)28-31(22-10-9-20(26)16-21(22)27)24(17)19-7-5-18(6-8-19)4-2-3-13-32/h5-10,16,32H,3,11-15H2,1H3,(H,29,33). The first kappa shape index (κ1) is 24.3. The molecule has 2 N–H and O–H groups in total. The van der Waals surface area contributed by atoms with Gasteiger partial charge in [0.25, 0.3) is 5.91 Å². The molecule has 1 aromatic heterocycles. The molecule has 1 aliphatic heterocycles. The topological polar surface area (TPSA) is 79.6 Å². The molecule has 0 atom stereocenters. The fourth-order valence-corrected chi connectivity index (χ4v) is 4.17. The predicted octanol–water partition coefficient (Wildman–Crippen LogP) is 3.87. The van der Waals surface area contributed by atoms with Gasteiger partial charge in [0.1, 0.15) is 0 Å². The molecule has 2 aromatic carbocycles. The Hall–Kier alpha value is -2.86. The van der Waals surface area contributed by atoms with E-state index in [-0.39, 0.29) is 12.5 Å². The van der Waals surface area contributed by atoms with E-state index >= 15 is 0 Å². The summed E-state index contributed by atoms with van der Waals surface area (Å²) in [5, 5.41) is 16.3. The highest BCUT2D eigenvalue weighted by atomic mass is 35.5. The van der Waals surface area contributed by atoms with Crippen molar-refractivity contribution < 1.29 is 14.6 Å². The monoisotopic (exact) mass is 498 g/mol. The minimum atomic E-state index is -0.295. The number of hydrogen-bond acceptors (Lipinski definition) is 5. The van der Waals surface area contributed by atoms with Crippen LogP contribution in [0.4, 0.5) is 0 Å². The molecule has 0 aliphatic carbocycles. The number of aliphatic hydroxyl groups excluding tert-OH is 1. The van der Waals surface area contributed by atoms with Crippen LogP contribution in [0.15, 0.2) is 42.5 Å². The Balaban J connectivity index is 1.76. The first-order valence-corrected chi connectivity index (χ1v) is 11.6. The van der Waals surface area contributed by atoms with E-state index in [4.69, 9.17) is 33.0 Å². The molecule has 1 amide bonds. The predicted molar refractivity (Wildman–Crippen MR) is 132 cm³/mol. The van der Waals surface area contributed by atoms with E-state index in [0.29, 0.717) is 54.2 Å². The third-order valence-corrected chi connectivity index (χ3v) is 5.91. The van der Waals surface area contributed by atoms with E-state index in [0.717, 1.165) is 22.4 Å². The number of nitrogens with zero attached hydrogens (tertiary/aromatic N) is 3. The minimum Gasteiger partial charge on any atom is -0.395 e. The molecule has 0 unspecified atom stereocenters. The first-order chi connectivity index (χ1) is 16.5. The van der Waals surface area contributed by atoms with E-state index in [2.05, 4.69) is 22.4 Å². The molecule has 7 nitrogen and oxygen atoms in total. The Bertz CT molecular complexity index is 1240. The number of amides is 1. The van der Waals surface area contributed by atoms with Crippen LogP contribution in [-0.2, 0) is 4.74 Å². The summed E-state index contributed by atoms with van der Waals surface area (Å²) in [6, 6.07) is 12.8. The minimum absolute atomic E-state index is 0.0284. The van der Waals surface area contributed by atoms with Gasteiger partial charge in [-0.05, 0) is 37.3 Å². The van der Waals surface area contributed by atoms with Crippen molar-refractivity contribution >= 4 is 29.1 Å². The second-order valence-corrected chi connectivity index (χ2v) is 8.57. The van der Waals surface area contributed by atoms with Gasteiger partial charge in [0.05, 0.1) is 36.2 Å². The first-order valence-electron chi connectivity index (χ1n) is 10.9. The van der Waals surface area contributed by atoms with Gasteiger partial charge in [-0.2, -0.15) is 5.10 Å². The zero-order valence-electron chi connectivity index (χ0n) is 18.6. The van der Waals surface area contributed by atoms with Gasteiger partial charge in [-0.3, -0.25) is 10.2 Å². The summed E-state index contributed by atoms with van der Waals surface area (Å²) in [4.78, 5) is 13.1. The number of morpholine rings is 1. The van der Waals surface area contributed by atoms with Gasteiger partial charge in [0.2, 0.25) is 0 Å². The van der Waals surface area contributed by atoms with Gasteiger partial charge in [-0.15, -0.1) is 0 Å². The lowest BCUT2D eigenvalue weighted by molar-refractivity contribution is 0.0124. The van der Waals surface area contributed by atoms with Crippen molar-refractivity contribution in [2.75, 3.05) is 32.9 Å². The second-order valence-electron chi connectivity index (χ2n) is 7.72. The molecule has 0 saturated carbocycles. The average molecular weight is 499 g/mol. The second kappa shape index (κ2) is 11.0. The number of rotatable bonds is 5. The summed E-state index contributed by atoms with van der Waals surface area (Å²) in [6.07, 6.45) is 0.421. The number of aliphatic hydroxyl groups is 1. The van der Waals surface area contributed by atoms with Crippen LogP contribution in [0.5, 0.6) is 0 Å². The maximum atomic E-state index is 13.1. The number of nitrogens with one attached hydrogen (secondary N) is 1. The molecule has 2 heterocycles. The van der Waals surface area contributed by atoms with Crippen LogP contribution in [-0.4, -0.2) is 58.7 Å². The smallest absolute Gasteiger partial charge is 0.286 e. The summed E-state index contributed by atoms with van der Waals surface area (Å²) in [5.41, 5.74) is 6.99. The summed E-state index contributed by atoms with van der Waals surface area (Å²) in [7, 11) is 0. The molecule has 4 rings (SSSR count). The van der Waals surface area contributed by atoms with Crippen molar-refractivity contribution in [3.05, 3.63) is 69.3 Å². The van der Waals surface area contributed by atoms with Gasteiger partial charge >= 0.3 is 0 Å². The quantitative estimate of drug-likeness (QED) is 0.522. The largest absolute Gasteiger partial charge is 0.395 e. The number of benzene rings is 2. The SMILES string of the molecule is Cc1c(C(=O)NN2CCOCC2)nn(-c2ccc(Cl)cc2Cl)c1-c1ccc(C#CCCO)cc1. The maximum Gasteiger partial charge on any atom is 0.286 e. The number of hydrazine groups is 1. The van der Waals surface area contributed by atoms with E-state index < -0.39 is 0 Å². The Kier molecular flexibility index (Phi) is 7.88. The normalized spacial score (nSPS) is 13.9. The van der Waals surface area contributed by atoms with Crippen LogP contribution in [0.25, 0.3) is 16.9 Å². The highest BCUT2D eigenvalue weighted by molar-refractivity contribution is 6.35. The van der Waals surface area contributed by atoms with Gasteiger partial charge < -0.3 is 9.84 Å². The van der Waals surface area contributed by atoms with Gasteiger partial charge in [0, 0.05) is 41.2 Å². The van der Waals surface area contributed by atoms with Crippen molar-refractivity contribution in [1.82, 2.24) is 20.2 Å². The molecule has 9 heteroatoms. The number of ether oxygens (including phenoxy) is 1. The molecular formula is C25H24Cl2N4O3. The summed E-state index contributed by atoms with van der Waals surface area (Å²) in [5.74, 6) is 5.64. The van der Waals surface area contributed by atoms with Crippen molar-refractivity contribution in [2.45, 2.75) is 13.3 Å². The third kappa shape index (κ3) is 5.44. The van der Waals surface area contributed by atoms with Crippen LogP contribution >= 0.6 is 23.2 Å². The summed E-state index contributed by atoms with van der Waals surface area (Å²) in [6.45, 7) is 4.24. The average Bonchev–Trinajstić information content (AvgIpc) is 3.17. The zero-order valence-corrected chi connectivity index (χ0v) is 20.2. The Morgan fingerprint density at radius 2 is 1.91 bits per heavy atom. The van der Waals surface area contributed by atoms with Gasteiger partial charge in [0.15, 0.2) is 5.69 Å². The van der Waals surface area contributed by atoms with Crippen LogP contribution in [0, 0.1) is 18.8 Å². The van der Waals surface area contributed by atoms with E-state index in [9.17, 15) is 4.79 Å². The molecule has 0 bridgehead atoms. The molecular weight excluding hydrogens is 475 g/mol. The molecule has 34 heavy (non-hydrogen) atoms. The fourth-order valence-electron chi connectivity index (χ4n) is 3.68. The van der Waals surface area contributed by atoms with Crippen LogP contribution in [0.2, 0.25) is 10.0 Å². The highest BCUT2D eigenvalue weighted by Crippen LogP contribution is 2.32. The zero-order chi connectivity index (χ0) is 24.1. The van der Waals surface area contributed by atoms with Crippen molar-refractivity contribution in [3.8, 4) is 28.8 Å². The molecule has 0 radical (unpaired) electrons. The third-order valence-electron chi connectivity index (χ3n) is 5.37. The molecule has 1 aliphatic rings. The number of halogens is 2. The fraction of sp³-hybridized carbons (Fsp3) is 0.280. The maximum absolute atomic E-state index is 13.1. The lowest BCUT2D eigenvalue weighted by Gasteiger charge is -2.26. The Morgan fingerprint density at radius 3 is 2.59 bits per heavy atom. The molecule has 0 spiro atoms. The molecule has 3 aromatic rings. The van der Waals surface area contributed by atoms with Crippen LogP contribution < -0.4 is 5.43 Å². The highest BCUT2D eigenvalue weighted by Gasteiger charge is 2.25. The summed E-state index contributed by atoms with van der Waals surface area (Å²) >= 11 is 12.6. The number of aromatic nitrogens is 2. The van der Waals surface area contributed by atoms with Gasteiger partial charge in [-0.1, -0.05) is 47.2 Å². The Labute approximate surface area is 208 Å². The van der Waals surface area contributed by atoms with Crippen LogP contribution in [0.1, 0.15) is 28.0 Å². The number of carbonyl (C=O) groups excluding carboxylic acids is 1. The van der Waals surface area contributed by atoms with E-state index in [1.165, 1.54) is 0 Å². The number of hydrogen-bond donors (Lipinski definition) is 2. The van der Waals surface area contributed by atoms with Crippen molar-refractivity contribution in [3.63, 3.8) is 0 Å². The van der Waals surface area contributed by atoms with Crippen LogP contribution in [0.3, 0.4) is 0 Å². The molecule has 176 valence electrons.